The lowest BCUT2D eigenvalue weighted by Crippen LogP contribution is -2.31. The fraction of sp³-hybridized carbons (Fsp3) is 0.292. The van der Waals surface area contributed by atoms with Crippen LogP contribution in [0.2, 0.25) is 0 Å². The number of benzene rings is 2. The molecule has 0 bridgehead atoms. The highest BCUT2D eigenvalue weighted by molar-refractivity contribution is 6.11. The molecule has 2 nitrogen and oxygen atoms in total. The molecule has 0 aliphatic rings. The third kappa shape index (κ3) is 2.70. The number of hydrogen-bond donors (Lipinski definition) is 0. The first-order valence-corrected chi connectivity index (χ1v) is 9.36. The van der Waals surface area contributed by atoms with E-state index in [4.69, 9.17) is 4.42 Å². The van der Waals surface area contributed by atoms with Crippen LogP contribution in [-0.2, 0) is 13.5 Å². The monoisotopic (exact) mass is 344 g/mol. The van der Waals surface area contributed by atoms with E-state index in [9.17, 15) is 0 Å². The van der Waals surface area contributed by atoms with Gasteiger partial charge < -0.3 is 4.42 Å². The van der Waals surface area contributed by atoms with E-state index in [0.29, 0.717) is 5.92 Å². The van der Waals surface area contributed by atoms with Crippen LogP contribution in [0.1, 0.15) is 30.5 Å². The van der Waals surface area contributed by atoms with Gasteiger partial charge in [-0.15, -0.1) is 0 Å². The largest absolute Gasteiger partial charge is 0.455 e. The summed E-state index contributed by atoms with van der Waals surface area (Å²) >= 11 is 0. The second-order valence-corrected chi connectivity index (χ2v) is 7.82. The lowest BCUT2D eigenvalue weighted by Gasteiger charge is -2.10. The molecule has 26 heavy (non-hydrogen) atoms. The Labute approximate surface area is 155 Å². The zero-order chi connectivity index (χ0) is 18.4. The second kappa shape index (κ2) is 6.28. The molecule has 0 atom stereocenters. The van der Waals surface area contributed by atoms with Gasteiger partial charge >= 0.3 is 0 Å². The first-order chi connectivity index (χ1) is 12.5. The molecular formula is C24H26NO+. The van der Waals surface area contributed by atoms with E-state index in [1.165, 1.54) is 38.7 Å². The summed E-state index contributed by atoms with van der Waals surface area (Å²) in [5.74, 6) is 0.640. The number of nitrogens with zero attached hydrogens (tertiary/aromatic N) is 1. The number of hydrogen-bond acceptors (Lipinski definition) is 1. The van der Waals surface area contributed by atoms with Crippen LogP contribution in [0.5, 0.6) is 0 Å². The van der Waals surface area contributed by atoms with Crippen molar-refractivity contribution in [1.29, 1.82) is 0 Å². The topological polar surface area (TPSA) is 17.0 Å². The molecule has 2 aromatic heterocycles. The van der Waals surface area contributed by atoms with Crippen molar-refractivity contribution < 1.29 is 8.98 Å². The molecule has 0 fully saturated rings. The first kappa shape index (κ1) is 16.8. The van der Waals surface area contributed by atoms with Crippen molar-refractivity contribution >= 4 is 21.9 Å². The normalized spacial score (nSPS) is 11.8. The average molecular weight is 344 g/mol. The van der Waals surface area contributed by atoms with Gasteiger partial charge in [0.15, 0.2) is 6.20 Å². The van der Waals surface area contributed by atoms with Gasteiger partial charge in [-0.1, -0.05) is 38.1 Å². The summed E-state index contributed by atoms with van der Waals surface area (Å²) in [6.45, 7) is 8.89. The van der Waals surface area contributed by atoms with E-state index in [1.807, 2.05) is 6.07 Å². The number of fused-ring (bicyclic) bond motifs is 3. The Morgan fingerprint density at radius 1 is 1.00 bits per heavy atom. The molecule has 0 N–H and O–H groups in total. The molecule has 0 spiro atoms. The van der Waals surface area contributed by atoms with E-state index >= 15 is 0 Å². The minimum absolute atomic E-state index is 0.640. The average Bonchev–Trinajstić information content (AvgIpc) is 2.96. The molecule has 2 heterocycles. The third-order valence-corrected chi connectivity index (χ3v) is 5.16. The third-order valence-electron chi connectivity index (χ3n) is 5.16. The fourth-order valence-corrected chi connectivity index (χ4v) is 4.04. The van der Waals surface area contributed by atoms with Crippen molar-refractivity contribution in [2.24, 2.45) is 13.0 Å². The lowest BCUT2D eigenvalue weighted by molar-refractivity contribution is -0.660. The fourth-order valence-electron chi connectivity index (χ4n) is 4.04. The van der Waals surface area contributed by atoms with Crippen molar-refractivity contribution in [3.8, 4) is 11.3 Å². The Balaban J connectivity index is 2.06. The number of aromatic nitrogens is 1. The van der Waals surface area contributed by atoms with Gasteiger partial charge in [0.2, 0.25) is 5.69 Å². The minimum Gasteiger partial charge on any atom is -0.455 e. The van der Waals surface area contributed by atoms with Crippen molar-refractivity contribution in [3.05, 3.63) is 65.4 Å². The summed E-state index contributed by atoms with van der Waals surface area (Å²) in [6.07, 6.45) is 3.25. The molecule has 0 saturated heterocycles. The second-order valence-electron chi connectivity index (χ2n) is 7.82. The summed E-state index contributed by atoms with van der Waals surface area (Å²) in [7, 11) is 2.11. The predicted octanol–water partition coefficient (Wildman–Crippen LogP) is 5.89. The van der Waals surface area contributed by atoms with Gasteiger partial charge in [0, 0.05) is 22.9 Å². The Hall–Kier alpha value is -2.61. The highest BCUT2D eigenvalue weighted by atomic mass is 16.3. The SMILES string of the molecule is Cc1cc(C)c2c(oc3ccccc32)c1-c1cc(CC(C)C)cc[n+]1C. The van der Waals surface area contributed by atoms with Gasteiger partial charge in [0.1, 0.15) is 18.2 Å². The lowest BCUT2D eigenvalue weighted by atomic mass is 9.95. The molecule has 4 rings (SSSR count). The Kier molecular flexibility index (Phi) is 4.07. The van der Waals surface area contributed by atoms with E-state index in [0.717, 1.165) is 17.6 Å². The van der Waals surface area contributed by atoms with E-state index in [2.05, 4.69) is 81.9 Å². The van der Waals surface area contributed by atoms with Crippen LogP contribution in [0.15, 0.2) is 53.1 Å². The number of para-hydroxylation sites is 1. The zero-order valence-electron chi connectivity index (χ0n) is 16.3. The van der Waals surface area contributed by atoms with Gasteiger partial charge in [0.05, 0.1) is 5.56 Å². The van der Waals surface area contributed by atoms with Crippen LogP contribution >= 0.6 is 0 Å². The molecule has 132 valence electrons. The van der Waals surface area contributed by atoms with Gasteiger partial charge in [-0.3, -0.25) is 0 Å². The standard InChI is InChI=1S/C24H26NO/c1-15(2)12-18-10-11-25(5)20(14-18)23-17(4)13-16(3)22-19-8-6-7-9-21(19)26-24(22)23/h6-11,13-15H,12H2,1-5H3/q+1. The van der Waals surface area contributed by atoms with Crippen molar-refractivity contribution in [2.45, 2.75) is 34.1 Å². The molecule has 0 unspecified atom stereocenters. The maximum absolute atomic E-state index is 6.36. The number of rotatable bonds is 3. The maximum atomic E-state index is 6.36. The summed E-state index contributed by atoms with van der Waals surface area (Å²) in [6, 6.07) is 15.2. The Morgan fingerprint density at radius 2 is 1.77 bits per heavy atom. The predicted molar refractivity (Wildman–Crippen MR) is 108 cm³/mol. The quantitative estimate of drug-likeness (QED) is 0.423. The van der Waals surface area contributed by atoms with Gasteiger partial charge in [-0.05, 0) is 48.9 Å². The van der Waals surface area contributed by atoms with E-state index in [-0.39, 0.29) is 0 Å². The number of pyridine rings is 1. The molecule has 0 aliphatic heterocycles. The van der Waals surface area contributed by atoms with Crippen LogP contribution in [0.3, 0.4) is 0 Å². The van der Waals surface area contributed by atoms with Gasteiger partial charge in [0.25, 0.3) is 0 Å². The summed E-state index contributed by atoms with van der Waals surface area (Å²) in [5, 5.41) is 2.43. The van der Waals surface area contributed by atoms with Crippen LogP contribution in [-0.4, -0.2) is 0 Å². The molecule has 2 aromatic carbocycles. The molecule has 0 amide bonds. The zero-order valence-corrected chi connectivity index (χ0v) is 16.3. The molecule has 4 aromatic rings. The van der Waals surface area contributed by atoms with Gasteiger partial charge in [-0.25, -0.2) is 4.57 Å². The Morgan fingerprint density at radius 3 is 2.54 bits per heavy atom. The molecule has 2 heteroatoms. The molecule has 0 aliphatic carbocycles. The first-order valence-electron chi connectivity index (χ1n) is 9.36. The van der Waals surface area contributed by atoms with Crippen molar-refractivity contribution in [1.82, 2.24) is 0 Å². The van der Waals surface area contributed by atoms with E-state index in [1.54, 1.807) is 0 Å². The molecular weight excluding hydrogens is 318 g/mol. The van der Waals surface area contributed by atoms with Gasteiger partial charge in [-0.2, -0.15) is 0 Å². The summed E-state index contributed by atoms with van der Waals surface area (Å²) < 4.78 is 8.56. The van der Waals surface area contributed by atoms with Crippen LogP contribution in [0.25, 0.3) is 33.2 Å². The minimum atomic E-state index is 0.640. The highest BCUT2D eigenvalue weighted by Gasteiger charge is 2.22. The Bertz CT molecular complexity index is 1120. The maximum Gasteiger partial charge on any atom is 0.216 e. The van der Waals surface area contributed by atoms with Crippen molar-refractivity contribution in [2.75, 3.05) is 0 Å². The van der Waals surface area contributed by atoms with Crippen molar-refractivity contribution in [3.63, 3.8) is 0 Å². The highest BCUT2D eigenvalue weighted by Crippen LogP contribution is 2.39. The smallest absolute Gasteiger partial charge is 0.216 e. The number of furan rings is 1. The van der Waals surface area contributed by atoms with Crippen LogP contribution in [0, 0.1) is 19.8 Å². The molecule has 0 saturated carbocycles. The summed E-state index contributed by atoms with van der Waals surface area (Å²) in [4.78, 5) is 0. The van der Waals surface area contributed by atoms with Crippen LogP contribution in [0.4, 0.5) is 0 Å². The molecule has 0 radical (unpaired) electrons. The van der Waals surface area contributed by atoms with E-state index < -0.39 is 0 Å². The number of aryl methyl sites for hydroxylation is 3. The summed E-state index contributed by atoms with van der Waals surface area (Å²) in [5.41, 5.74) is 8.27. The van der Waals surface area contributed by atoms with Crippen LogP contribution < -0.4 is 4.57 Å².